The van der Waals surface area contributed by atoms with Crippen molar-refractivity contribution in [1.29, 1.82) is 0 Å². The predicted molar refractivity (Wildman–Crippen MR) is 84.1 cm³/mol. The highest BCUT2D eigenvalue weighted by Gasteiger charge is 2.22. The van der Waals surface area contributed by atoms with Crippen LogP contribution in [0.25, 0.3) is 0 Å². The summed E-state index contributed by atoms with van der Waals surface area (Å²) in [5.41, 5.74) is 2.70. The molecule has 1 unspecified atom stereocenters. The smallest absolute Gasteiger partial charge is 0.0412 e. The molecule has 0 spiro atoms. The Morgan fingerprint density at radius 1 is 1.37 bits per heavy atom. The van der Waals surface area contributed by atoms with E-state index in [0.29, 0.717) is 0 Å². The Balaban J connectivity index is 2.10. The van der Waals surface area contributed by atoms with Crippen molar-refractivity contribution < 1.29 is 0 Å². The summed E-state index contributed by atoms with van der Waals surface area (Å²) in [6.45, 7) is 8.83. The molecule has 1 aromatic rings. The number of halogens is 1. The molecule has 2 rings (SSSR count). The van der Waals surface area contributed by atoms with Crippen LogP contribution >= 0.6 is 11.6 Å². The summed E-state index contributed by atoms with van der Waals surface area (Å²) in [6, 6.07) is 6.31. The second-order valence-electron chi connectivity index (χ2n) is 5.46. The van der Waals surface area contributed by atoms with Crippen LogP contribution in [-0.4, -0.2) is 19.6 Å². The number of nitrogens with zero attached hydrogens (tertiary/aromatic N) is 1. The number of benzene rings is 1. The topological polar surface area (TPSA) is 15.3 Å². The summed E-state index contributed by atoms with van der Waals surface area (Å²) in [6.07, 6.45) is 3.77. The second-order valence-corrected chi connectivity index (χ2v) is 5.90. The van der Waals surface area contributed by atoms with Gasteiger partial charge in [0.05, 0.1) is 0 Å². The summed E-state index contributed by atoms with van der Waals surface area (Å²) < 4.78 is 0. The van der Waals surface area contributed by atoms with Gasteiger partial charge in [-0.25, -0.2) is 0 Å². The molecule has 19 heavy (non-hydrogen) atoms. The van der Waals surface area contributed by atoms with Crippen molar-refractivity contribution in [1.82, 2.24) is 5.32 Å². The van der Waals surface area contributed by atoms with Gasteiger partial charge < -0.3 is 10.2 Å². The van der Waals surface area contributed by atoms with Crippen molar-refractivity contribution >= 4 is 17.3 Å². The van der Waals surface area contributed by atoms with E-state index in [1.807, 2.05) is 6.07 Å². The minimum Gasteiger partial charge on any atom is -0.371 e. The van der Waals surface area contributed by atoms with Gasteiger partial charge in [0.2, 0.25) is 0 Å². The Morgan fingerprint density at radius 2 is 2.21 bits per heavy atom. The maximum absolute atomic E-state index is 6.15. The van der Waals surface area contributed by atoms with E-state index < -0.39 is 0 Å². The molecule has 0 amide bonds. The Bertz CT molecular complexity index is 406. The van der Waals surface area contributed by atoms with Crippen molar-refractivity contribution in [2.45, 2.75) is 39.7 Å². The largest absolute Gasteiger partial charge is 0.371 e. The van der Waals surface area contributed by atoms with Crippen molar-refractivity contribution in [2.75, 3.05) is 24.5 Å². The fraction of sp³-hybridized carbons (Fsp3) is 0.625. The van der Waals surface area contributed by atoms with Gasteiger partial charge in [-0.05, 0) is 49.1 Å². The van der Waals surface area contributed by atoms with Gasteiger partial charge in [0.1, 0.15) is 0 Å². The van der Waals surface area contributed by atoms with Crippen LogP contribution in [0, 0.1) is 5.92 Å². The third kappa shape index (κ3) is 3.87. The van der Waals surface area contributed by atoms with Gasteiger partial charge in [0.15, 0.2) is 0 Å². The first-order chi connectivity index (χ1) is 9.24. The molecular formula is C16H25ClN2. The Morgan fingerprint density at radius 3 is 2.89 bits per heavy atom. The van der Waals surface area contributed by atoms with Gasteiger partial charge >= 0.3 is 0 Å². The van der Waals surface area contributed by atoms with E-state index in [9.17, 15) is 0 Å². The summed E-state index contributed by atoms with van der Waals surface area (Å²) in [5.74, 6) is 0.854. The molecule has 1 aromatic carbocycles. The lowest BCUT2D eigenvalue weighted by molar-refractivity contribution is 0.569. The zero-order chi connectivity index (χ0) is 13.7. The lowest BCUT2D eigenvalue weighted by atomic mass is 10.1. The summed E-state index contributed by atoms with van der Waals surface area (Å²) in [7, 11) is 0. The van der Waals surface area contributed by atoms with Crippen LogP contribution in [0.15, 0.2) is 18.2 Å². The standard InChI is InChI=1S/C16H25ClN2/c1-3-8-18-11-14-10-15(17)5-6-16(14)19-9-7-13(4-2)12-19/h5-6,10,13,18H,3-4,7-9,11-12H2,1-2H3. The summed E-state index contributed by atoms with van der Waals surface area (Å²) >= 11 is 6.15. The average Bonchev–Trinajstić information content (AvgIpc) is 2.88. The molecule has 1 saturated heterocycles. The van der Waals surface area contributed by atoms with Crippen LogP contribution in [0.1, 0.15) is 38.7 Å². The normalized spacial score (nSPS) is 19.1. The van der Waals surface area contributed by atoms with E-state index in [1.165, 1.54) is 37.2 Å². The van der Waals surface area contributed by atoms with Crippen molar-refractivity contribution in [3.8, 4) is 0 Å². The van der Waals surface area contributed by atoms with Crippen LogP contribution in [0.5, 0.6) is 0 Å². The van der Waals surface area contributed by atoms with Crippen LogP contribution < -0.4 is 10.2 Å². The highest BCUT2D eigenvalue weighted by atomic mass is 35.5. The van der Waals surface area contributed by atoms with E-state index >= 15 is 0 Å². The monoisotopic (exact) mass is 280 g/mol. The molecule has 3 heteroatoms. The van der Waals surface area contributed by atoms with Gasteiger partial charge in [-0.1, -0.05) is 31.9 Å². The Labute approximate surface area is 122 Å². The first-order valence-corrected chi connectivity index (χ1v) is 7.86. The molecule has 1 heterocycles. The molecule has 0 saturated carbocycles. The predicted octanol–water partition coefficient (Wildman–Crippen LogP) is 4.08. The van der Waals surface area contributed by atoms with Crippen LogP contribution in [-0.2, 0) is 6.54 Å². The van der Waals surface area contributed by atoms with Crippen LogP contribution in [0.3, 0.4) is 0 Å². The maximum atomic E-state index is 6.15. The maximum Gasteiger partial charge on any atom is 0.0412 e. The second kappa shape index (κ2) is 7.16. The molecule has 2 nitrogen and oxygen atoms in total. The molecule has 0 radical (unpaired) electrons. The van der Waals surface area contributed by atoms with Gasteiger partial charge in [0.25, 0.3) is 0 Å². The summed E-state index contributed by atoms with van der Waals surface area (Å²) in [5, 5.41) is 4.32. The van der Waals surface area contributed by atoms with E-state index in [2.05, 4.69) is 36.2 Å². The first kappa shape index (κ1) is 14.7. The third-order valence-corrected chi connectivity index (χ3v) is 4.22. The molecule has 0 aliphatic carbocycles. The van der Waals surface area contributed by atoms with Gasteiger partial charge in [-0.15, -0.1) is 0 Å². The quantitative estimate of drug-likeness (QED) is 0.790. The molecule has 1 N–H and O–H groups in total. The lowest BCUT2D eigenvalue weighted by Gasteiger charge is -2.22. The van der Waals surface area contributed by atoms with Gasteiger partial charge in [-0.3, -0.25) is 0 Å². The average molecular weight is 281 g/mol. The number of anilines is 1. The number of hydrogen-bond donors (Lipinski definition) is 1. The van der Waals surface area contributed by atoms with Crippen LogP contribution in [0.2, 0.25) is 5.02 Å². The van der Waals surface area contributed by atoms with Gasteiger partial charge in [0, 0.05) is 30.3 Å². The minimum atomic E-state index is 0.836. The lowest BCUT2D eigenvalue weighted by Crippen LogP contribution is -2.23. The van der Waals surface area contributed by atoms with Crippen molar-refractivity contribution in [3.05, 3.63) is 28.8 Å². The zero-order valence-electron chi connectivity index (χ0n) is 12.1. The SMILES string of the molecule is CCCNCc1cc(Cl)ccc1N1CCC(CC)C1. The molecule has 106 valence electrons. The van der Waals surface area contributed by atoms with E-state index in [-0.39, 0.29) is 0 Å². The molecule has 1 aliphatic heterocycles. The van der Waals surface area contributed by atoms with E-state index in [1.54, 1.807) is 0 Å². The highest BCUT2D eigenvalue weighted by molar-refractivity contribution is 6.30. The Hall–Kier alpha value is -0.730. The molecule has 1 aliphatic rings. The van der Waals surface area contributed by atoms with E-state index in [0.717, 1.165) is 30.5 Å². The van der Waals surface area contributed by atoms with Gasteiger partial charge in [-0.2, -0.15) is 0 Å². The fourth-order valence-electron chi connectivity index (χ4n) is 2.79. The first-order valence-electron chi connectivity index (χ1n) is 7.48. The number of hydrogen-bond acceptors (Lipinski definition) is 2. The fourth-order valence-corrected chi connectivity index (χ4v) is 2.98. The number of rotatable bonds is 6. The molecular weight excluding hydrogens is 256 g/mol. The molecule has 0 bridgehead atoms. The number of nitrogens with one attached hydrogen (secondary N) is 1. The van der Waals surface area contributed by atoms with Crippen LogP contribution in [0.4, 0.5) is 5.69 Å². The molecule has 1 fully saturated rings. The zero-order valence-corrected chi connectivity index (χ0v) is 12.8. The van der Waals surface area contributed by atoms with Crippen molar-refractivity contribution in [3.63, 3.8) is 0 Å². The highest BCUT2D eigenvalue weighted by Crippen LogP contribution is 2.30. The van der Waals surface area contributed by atoms with Crippen molar-refractivity contribution in [2.24, 2.45) is 5.92 Å². The van der Waals surface area contributed by atoms with E-state index in [4.69, 9.17) is 11.6 Å². The minimum absolute atomic E-state index is 0.836. The summed E-state index contributed by atoms with van der Waals surface area (Å²) in [4.78, 5) is 2.52. The third-order valence-electron chi connectivity index (χ3n) is 3.99. The Kier molecular flexibility index (Phi) is 5.53. The molecule has 0 aromatic heterocycles. The molecule has 1 atom stereocenters.